The van der Waals surface area contributed by atoms with E-state index in [2.05, 4.69) is 75.8 Å². The molecule has 12 aliphatic rings. The molecular weight excluding hydrogens is 1000 g/mol. The van der Waals surface area contributed by atoms with Gasteiger partial charge in [0.25, 0.3) is 0 Å². The Morgan fingerprint density at radius 3 is 1.34 bits per heavy atom. The predicted octanol–water partition coefficient (Wildman–Crippen LogP) is 14.4. The van der Waals surface area contributed by atoms with Crippen molar-refractivity contribution in [2.45, 2.75) is 257 Å². The highest BCUT2D eigenvalue weighted by Crippen LogP contribution is 2.80. The number of hydrogen-bond acceptors (Lipinski definition) is 10. The Bertz CT molecular complexity index is 2250. The van der Waals surface area contributed by atoms with Crippen LogP contribution in [0.4, 0.5) is 0 Å². The zero-order valence-corrected chi connectivity index (χ0v) is 53.4. The number of hydrogen-bond donors (Lipinski definition) is 4. The third kappa shape index (κ3) is 9.46. The van der Waals surface area contributed by atoms with Gasteiger partial charge in [-0.2, -0.15) is 0 Å². The van der Waals surface area contributed by atoms with E-state index in [0.717, 1.165) is 84.0 Å². The second-order valence-corrected chi connectivity index (χ2v) is 32.2. The predicted molar refractivity (Wildman–Crippen MR) is 319 cm³/mol. The third-order valence-corrected chi connectivity index (χ3v) is 29.4. The number of carbonyl (C=O) groups is 2. The van der Waals surface area contributed by atoms with Gasteiger partial charge in [-0.3, -0.25) is 9.59 Å². The van der Waals surface area contributed by atoms with Gasteiger partial charge in [-0.25, -0.2) is 0 Å². The van der Waals surface area contributed by atoms with E-state index in [0.29, 0.717) is 72.4 Å². The molecule has 460 valence electrons. The first-order chi connectivity index (χ1) is 38.6. The summed E-state index contributed by atoms with van der Waals surface area (Å²) < 4.78 is 34.2. The average molecular weight is 1120 g/mol. The first-order valence-corrected chi connectivity index (χ1v) is 32.3. The van der Waals surface area contributed by atoms with Crippen molar-refractivity contribution in [2.75, 3.05) is 46.2 Å². The molecule has 12 rings (SSSR count). The summed E-state index contributed by atoms with van der Waals surface area (Å²) in [5.41, 5.74) is 2.03. The minimum Gasteiger partial charge on any atom is -0.465 e. The Morgan fingerprint density at radius 1 is 0.525 bits per heavy atom. The van der Waals surface area contributed by atoms with Gasteiger partial charge in [-0.05, 0) is 247 Å². The van der Waals surface area contributed by atoms with Gasteiger partial charge in [-0.1, -0.05) is 82.3 Å². The minimum atomic E-state index is -0.401. The van der Waals surface area contributed by atoms with Crippen LogP contribution in [0.1, 0.15) is 242 Å². The van der Waals surface area contributed by atoms with E-state index in [9.17, 15) is 30.0 Å². The number of allylic oxidation sites excluding steroid dienone is 1. The summed E-state index contributed by atoms with van der Waals surface area (Å²) in [4.78, 5) is 23.8. The number of epoxide rings is 1. The maximum absolute atomic E-state index is 11.9. The third-order valence-electron chi connectivity index (χ3n) is 29.4. The highest BCUT2D eigenvalue weighted by molar-refractivity contribution is 5.66. The molecule has 12 fully saturated rings. The molecule has 80 heavy (non-hydrogen) atoms. The molecule has 10 nitrogen and oxygen atoms in total. The summed E-state index contributed by atoms with van der Waals surface area (Å²) in [6.45, 7) is 36.2. The van der Waals surface area contributed by atoms with Crippen molar-refractivity contribution in [3.05, 3.63) is 12.2 Å². The molecule has 0 aromatic carbocycles. The number of esters is 2. The van der Waals surface area contributed by atoms with Gasteiger partial charge in [0.15, 0.2) is 0 Å². The van der Waals surface area contributed by atoms with Crippen molar-refractivity contribution in [1.29, 1.82) is 0 Å². The van der Waals surface area contributed by atoms with Crippen LogP contribution in [0, 0.1) is 113 Å². The topological polar surface area (TPSA) is 155 Å². The molecular formula is C70H120O10. The fourth-order valence-corrected chi connectivity index (χ4v) is 24.6. The van der Waals surface area contributed by atoms with Crippen LogP contribution in [0.2, 0.25) is 0 Å². The number of aliphatic hydroxyl groups is 4. The lowest BCUT2D eigenvalue weighted by molar-refractivity contribution is -0.257. The molecule has 10 saturated carbocycles. The maximum Gasteiger partial charge on any atom is 0.302 e. The molecule has 4 N–H and O–H groups in total. The number of ether oxygens (including phenoxy) is 4. The van der Waals surface area contributed by atoms with Crippen LogP contribution in [0.3, 0.4) is 0 Å². The summed E-state index contributed by atoms with van der Waals surface area (Å²) in [6.07, 6.45) is 24.5. The summed E-state index contributed by atoms with van der Waals surface area (Å²) in [6, 6.07) is 0. The largest absolute Gasteiger partial charge is 0.465 e. The lowest BCUT2D eigenvalue weighted by Crippen LogP contribution is -2.67. The summed E-state index contributed by atoms with van der Waals surface area (Å²) >= 11 is 0. The van der Waals surface area contributed by atoms with Crippen molar-refractivity contribution < 1.29 is 51.7 Å². The molecule has 2 saturated heterocycles. The summed E-state index contributed by atoms with van der Waals surface area (Å²) in [5.74, 6) is 5.13. The van der Waals surface area contributed by atoms with Gasteiger partial charge < -0.3 is 39.4 Å². The molecule has 2 aliphatic heterocycles. The van der Waals surface area contributed by atoms with Crippen LogP contribution < -0.4 is 0 Å². The van der Waals surface area contributed by atoms with Crippen LogP contribution >= 0.6 is 0 Å². The second-order valence-electron chi connectivity index (χ2n) is 32.2. The van der Waals surface area contributed by atoms with E-state index < -0.39 is 23.0 Å². The SMILES string of the molecule is C1CCOC1.C=C(C)[C@@H]1CC[C@]2(COC(C)=O)CC[C@]3(C)C(CCC4[C@@]5(C)CC[C@H](O)[C@@](C)(CO)C5CC[C@]43C)C12.CC(=O)OC[C@]12CC[C@@H](C3(C)CO3)C1C1CCC3[C@@]4(C)CC[C@H](O)[C@@](C)(CO)C4CC[C@@]3(C)[C@]1(C)CC2.[2H]C.[2H]C. The van der Waals surface area contributed by atoms with E-state index >= 15 is 0 Å². The van der Waals surface area contributed by atoms with Crippen LogP contribution in [-0.4, -0.2) is 96.4 Å². The van der Waals surface area contributed by atoms with Crippen LogP contribution in [0.25, 0.3) is 0 Å². The molecule has 0 aromatic rings. The summed E-state index contributed by atoms with van der Waals surface area (Å²) in [5, 5.41) is 42.9. The van der Waals surface area contributed by atoms with E-state index in [4.69, 9.17) is 21.7 Å². The molecule has 0 radical (unpaired) electrons. The fourth-order valence-electron chi connectivity index (χ4n) is 24.6. The number of aliphatic hydroxyl groups excluding tert-OH is 4. The molecule has 2 heterocycles. The Hall–Kier alpha value is -1.56. The Labute approximate surface area is 490 Å². The van der Waals surface area contributed by atoms with Gasteiger partial charge in [0.05, 0.1) is 50.8 Å². The quantitative estimate of drug-likeness (QED) is 0.105. The highest BCUT2D eigenvalue weighted by Gasteiger charge is 2.75. The molecule has 0 bridgehead atoms. The van der Waals surface area contributed by atoms with Crippen molar-refractivity contribution in [3.8, 4) is 0 Å². The smallest absolute Gasteiger partial charge is 0.302 e. The van der Waals surface area contributed by atoms with Gasteiger partial charge in [0, 0.05) is 51.5 Å². The zero-order chi connectivity index (χ0) is 60.5. The Kier molecular flexibility index (Phi) is 17.2. The first-order valence-electron chi connectivity index (χ1n) is 34.3. The monoisotopic (exact) mass is 1120 g/mol. The Morgan fingerprint density at radius 2 is 0.950 bits per heavy atom. The molecule has 10 heteroatoms. The van der Waals surface area contributed by atoms with Gasteiger partial charge in [0.2, 0.25) is 0 Å². The minimum absolute atomic E-state index is 0.00469. The molecule has 0 amide bonds. The molecule has 0 spiro atoms. The average Bonchev–Trinajstić information content (AvgIpc) is 1.73. The van der Waals surface area contributed by atoms with Crippen molar-refractivity contribution >= 4 is 11.9 Å². The molecule has 23 atom stereocenters. The van der Waals surface area contributed by atoms with E-state index in [1.807, 2.05) is 0 Å². The molecule has 10 aliphatic carbocycles. The zero-order valence-electron chi connectivity index (χ0n) is 55.4. The van der Waals surface area contributed by atoms with E-state index in [1.165, 1.54) is 97.4 Å². The maximum atomic E-state index is 11.9. The van der Waals surface area contributed by atoms with E-state index in [-0.39, 0.29) is 74.1 Å². The lowest BCUT2D eigenvalue weighted by atomic mass is 9.32. The normalized spacial score (nSPS) is 53.0. The van der Waals surface area contributed by atoms with Crippen LogP contribution in [0.15, 0.2) is 12.2 Å². The van der Waals surface area contributed by atoms with E-state index in [1.54, 1.807) is 13.8 Å². The van der Waals surface area contributed by atoms with Gasteiger partial charge in [0.1, 0.15) is 0 Å². The second kappa shape index (κ2) is 22.3. The fraction of sp³-hybridized carbons (Fsp3) is 0.943. The Balaban J connectivity index is 0.000000187. The standard InChI is InChI=1S/C32H52O5.C32H52O4.C4H8O.2CH4/c1-20(34)36-19-32-14-9-22(31(6)18-37-31)26(32)21-7-8-24-27(2)12-11-25(35)28(3,17-33)23(27)10-13-30(24,5)29(21,4)15-16-32;1-20(2)22-10-15-32(19-36-21(3)34)17-16-30(6)23(27(22)32)8-9-25-28(4)13-12-26(35)29(5,18-33)24(28)11-14-31(25,30)7;1-2-4-5-3-1;;/h21-26,33,35H,7-19H2,1-6H3;22-27,33,35H,1,8-19H2,2-7H3;1-4H2;2*1H4/t21?,22-,23?,24?,25+,26?,27+,28+,29-,30-,31?,32-;22-,23?,24?,25?,26-,27?,28-,29-,30+,31+,32+;;;/m10.../s1/i;;;2*1D. The number of fused-ring (bicyclic) bond motifs is 14. The van der Waals surface area contributed by atoms with Crippen molar-refractivity contribution in [1.82, 2.24) is 0 Å². The van der Waals surface area contributed by atoms with Gasteiger partial charge >= 0.3 is 11.9 Å². The van der Waals surface area contributed by atoms with Crippen molar-refractivity contribution in [3.63, 3.8) is 0 Å². The molecule has 9 unspecified atom stereocenters. The number of rotatable bonds is 8. The summed E-state index contributed by atoms with van der Waals surface area (Å²) in [7, 11) is 2.50. The highest BCUT2D eigenvalue weighted by atomic mass is 16.6. The number of carbonyl (C=O) groups excluding carboxylic acids is 2. The molecule has 0 aromatic heterocycles. The van der Waals surface area contributed by atoms with Gasteiger partial charge in [-0.15, -0.1) is 0 Å². The first kappa shape index (κ1) is 61.5. The van der Waals surface area contributed by atoms with Crippen LogP contribution in [-0.2, 0) is 28.5 Å². The lowest BCUT2D eigenvalue weighted by Gasteiger charge is -2.73. The van der Waals surface area contributed by atoms with Crippen molar-refractivity contribution in [2.24, 2.45) is 113 Å². The van der Waals surface area contributed by atoms with Crippen LogP contribution in [0.5, 0.6) is 0 Å².